The van der Waals surface area contributed by atoms with Gasteiger partial charge in [-0.1, -0.05) is 73.5 Å². The zero-order chi connectivity index (χ0) is 61.3. The minimum Gasteiger partial charge on any atom is -0.490 e. The van der Waals surface area contributed by atoms with Crippen molar-refractivity contribution < 1.29 is 41.7 Å². The molecule has 13 atom stereocenters. The molecule has 4 aromatic rings. The summed E-state index contributed by atoms with van der Waals surface area (Å²) in [6, 6.07) is 23.8. The first kappa shape index (κ1) is 63.6. The topological polar surface area (TPSA) is 145 Å². The van der Waals surface area contributed by atoms with E-state index in [9.17, 15) is 18.0 Å². The molecule has 17 heteroatoms. The van der Waals surface area contributed by atoms with E-state index >= 15 is 0 Å². The molecule has 2 fully saturated rings. The number of hydrogen-bond acceptors (Lipinski definition) is 11. The van der Waals surface area contributed by atoms with Crippen molar-refractivity contribution in [3.05, 3.63) is 141 Å². The van der Waals surface area contributed by atoms with Crippen LogP contribution in [0.15, 0.2) is 97.1 Å². The van der Waals surface area contributed by atoms with Gasteiger partial charge in [-0.15, -0.1) is 0 Å². The van der Waals surface area contributed by atoms with Gasteiger partial charge in [-0.25, -0.2) is 8.42 Å². The number of benzene rings is 4. The van der Waals surface area contributed by atoms with Gasteiger partial charge in [0, 0.05) is 82.9 Å². The third-order valence-electron chi connectivity index (χ3n) is 20.9. The molecule has 12 rings (SSSR count). The Hall–Kier alpha value is -5.00. The van der Waals surface area contributed by atoms with E-state index in [0.717, 1.165) is 136 Å². The minimum absolute atomic E-state index is 0.0290. The Morgan fingerprint density at radius 1 is 0.667 bits per heavy atom. The number of carbonyl (C=O) groups is 2. The Labute approximate surface area is 527 Å². The van der Waals surface area contributed by atoms with Crippen molar-refractivity contribution in [3.63, 3.8) is 0 Å². The molecule has 0 aromatic heterocycles. The Balaban J connectivity index is 0.000000181. The molecule has 4 aliphatic heterocycles. The summed E-state index contributed by atoms with van der Waals surface area (Å²) in [5.74, 6) is 10.5. The first-order chi connectivity index (χ1) is 41.8. The summed E-state index contributed by atoms with van der Waals surface area (Å²) in [7, 11) is -2.26. The van der Waals surface area contributed by atoms with Gasteiger partial charge in [-0.3, -0.25) is 19.0 Å². The molecule has 2 amide bonds. The third kappa shape index (κ3) is 13.6. The molecular formula is C70H90Cl2N4O9S2. The minimum atomic E-state index is -2.91. The highest BCUT2D eigenvalue weighted by molar-refractivity contribution is 7.99. The molecule has 0 radical (unpaired) electrons. The molecular weight excluding hydrogens is 1180 g/mol. The normalized spacial score (nSPS) is 33.9. The molecule has 4 heterocycles. The number of hydrogen-bond donors (Lipinski definition) is 2. The van der Waals surface area contributed by atoms with Crippen LogP contribution in [0.2, 0.25) is 10.0 Å². The summed E-state index contributed by atoms with van der Waals surface area (Å²) in [4.78, 5) is 32.0. The maximum absolute atomic E-state index is 13.8. The number of allylic oxidation sites excluding steroid dienone is 2. The zero-order valence-electron chi connectivity index (χ0n) is 51.5. The lowest BCUT2D eigenvalue weighted by molar-refractivity contribution is -0.0309. The van der Waals surface area contributed by atoms with Crippen molar-refractivity contribution in [1.29, 1.82) is 0 Å². The molecule has 470 valence electrons. The molecule has 4 aromatic carbocycles. The van der Waals surface area contributed by atoms with Gasteiger partial charge in [0.05, 0.1) is 69.4 Å². The Morgan fingerprint density at radius 3 is 1.70 bits per heavy atom. The second-order valence-corrected chi connectivity index (χ2v) is 31.9. The van der Waals surface area contributed by atoms with Crippen LogP contribution in [0, 0.1) is 29.6 Å². The van der Waals surface area contributed by atoms with Crippen LogP contribution in [0.1, 0.15) is 141 Å². The van der Waals surface area contributed by atoms with Crippen LogP contribution in [0.3, 0.4) is 0 Å². The molecule has 0 saturated heterocycles. The summed E-state index contributed by atoms with van der Waals surface area (Å²) in [5, 5.41) is 1.01. The first-order valence-electron chi connectivity index (χ1n) is 31.8. The van der Waals surface area contributed by atoms with Gasteiger partial charge in [0.1, 0.15) is 11.5 Å². The maximum atomic E-state index is 13.8. The van der Waals surface area contributed by atoms with E-state index < -0.39 is 19.4 Å². The van der Waals surface area contributed by atoms with E-state index in [1.54, 1.807) is 26.4 Å². The van der Waals surface area contributed by atoms with Crippen LogP contribution in [0.4, 0.5) is 11.4 Å². The number of ether oxygens (including phenoxy) is 5. The number of aryl methyl sites for hydroxylation is 2. The lowest BCUT2D eigenvalue weighted by atomic mass is 9.68. The number of fused-ring (bicyclic) bond motifs is 8. The fourth-order valence-corrected chi connectivity index (χ4v) is 18.9. The fourth-order valence-electron chi connectivity index (χ4n) is 15.3. The second-order valence-electron chi connectivity index (χ2n) is 26.3. The van der Waals surface area contributed by atoms with Crippen molar-refractivity contribution in [2.45, 2.75) is 144 Å². The van der Waals surface area contributed by atoms with E-state index in [-0.39, 0.29) is 51.3 Å². The number of nitrogens with one attached hydrogen (secondary N) is 2. The highest BCUT2D eigenvalue weighted by atomic mass is 35.5. The van der Waals surface area contributed by atoms with Gasteiger partial charge in [-0.2, -0.15) is 0 Å². The van der Waals surface area contributed by atoms with E-state index in [0.29, 0.717) is 74.1 Å². The maximum Gasteiger partial charge on any atom is 0.262 e. The van der Waals surface area contributed by atoms with Crippen LogP contribution >= 0.6 is 23.2 Å². The van der Waals surface area contributed by atoms with Crippen LogP contribution in [0.5, 0.6) is 11.5 Å². The molecule has 2 unspecified atom stereocenters. The predicted octanol–water partition coefficient (Wildman–Crippen LogP) is 12.6. The Morgan fingerprint density at radius 2 is 1.20 bits per heavy atom. The van der Waals surface area contributed by atoms with Gasteiger partial charge in [-0.05, 0) is 221 Å². The monoisotopic (exact) mass is 1260 g/mol. The van der Waals surface area contributed by atoms with Crippen molar-refractivity contribution in [2.75, 3.05) is 76.6 Å². The lowest BCUT2D eigenvalue weighted by Gasteiger charge is -2.46. The quantitative estimate of drug-likeness (QED) is 0.108. The van der Waals surface area contributed by atoms with Gasteiger partial charge >= 0.3 is 0 Å². The van der Waals surface area contributed by atoms with E-state index in [2.05, 4.69) is 86.5 Å². The molecule has 2 saturated carbocycles. The van der Waals surface area contributed by atoms with E-state index in [1.807, 2.05) is 50.2 Å². The van der Waals surface area contributed by atoms with Crippen molar-refractivity contribution >= 4 is 77.5 Å². The van der Waals surface area contributed by atoms with Crippen LogP contribution in [-0.4, -0.2) is 122 Å². The summed E-state index contributed by atoms with van der Waals surface area (Å²) < 4.78 is 64.0. The molecule has 4 bridgehead atoms. The largest absolute Gasteiger partial charge is 0.490 e. The number of methoxy groups -OCH3 is 2. The Bertz CT molecular complexity index is 3470. The molecule has 4 aliphatic carbocycles. The molecule has 2 N–H and O–H groups in total. The van der Waals surface area contributed by atoms with Crippen molar-refractivity contribution in [2.24, 2.45) is 29.6 Å². The van der Waals surface area contributed by atoms with Crippen molar-refractivity contribution in [3.8, 4) is 11.5 Å². The SMILES string of the molecule is C=S1(=O)NC(=O)c2ccc3c(c2)N(C[C@@H]2CC[C@H]2[C@@H](OC)/C=C/CC[C@H]1CC)C[C@@]1(CCCc2cc(Cl)ccc21)CO3.C=S1(=O)NC(=O)c2ccc3c(c2)N(C[C@@H]2CC[C@H]2[C@@H](OCCOC)/C=C/C[C@H](C)[C@H]1C)C[C@@]1(CCCc2cc(Cl)ccc21)CO3. The van der Waals surface area contributed by atoms with Gasteiger partial charge in [0.25, 0.3) is 11.8 Å². The number of anilines is 2. The van der Waals surface area contributed by atoms with Crippen LogP contribution in [0.25, 0.3) is 0 Å². The number of carbonyl (C=O) groups excluding carboxylic acids is 2. The summed E-state index contributed by atoms with van der Waals surface area (Å²) >= 11 is 12.9. The fraction of sp³-hybridized carbons (Fsp3) is 0.543. The molecule has 2 spiro atoms. The van der Waals surface area contributed by atoms with E-state index in [4.69, 9.17) is 46.9 Å². The number of nitrogens with zero attached hydrogens (tertiary/aromatic N) is 2. The van der Waals surface area contributed by atoms with Gasteiger partial charge in [0.2, 0.25) is 0 Å². The Kier molecular flexibility index (Phi) is 19.6. The average Bonchev–Trinajstić information content (AvgIpc) is 1.77. The van der Waals surface area contributed by atoms with Crippen LogP contribution < -0.4 is 28.7 Å². The van der Waals surface area contributed by atoms with E-state index in [1.165, 1.54) is 22.3 Å². The first-order valence-corrected chi connectivity index (χ1v) is 36.1. The average molecular weight is 1270 g/mol. The standard InChI is InChI=1S/C36H47ClN2O5S.C34H43ClN2O4S/c1-24-7-5-9-33(43-18-17-42-3)30-13-10-28(30)21-39-22-36(16-6-8-26-19-29(37)12-14-31(26)36)23-44-34-15-11-27(20-32(34)39)35(40)38-45(4,41)25(24)2;1-4-27-9-5-6-10-31(40-2)28-14-11-25(28)20-37-21-34(17-7-8-23-18-26(35)13-15-29(23)34)22-41-32-16-12-24(19-30(32)37)33(38)36-42(27,3)39/h5,9,11-12,14-15,19-20,24-25,28,30,33H,4,6-8,10,13,16-18,21-23H2,1-3H3,(H,38,40,41);6,10,12-13,15-16,18-19,25,27-28,31H,3-5,7-9,11,14,17,20-22H2,1-2H3,(H,36,38,39)/b9-5+;10-6+/t24-,25+,28-,30+,33-,36-,45?;25-,27+,28+,31-,34-,42?/m00/s1. The third-order valence-corrected chi connectivity index (χ3v) is 25.8. The molecule has 87 heavy (non-hydrogen) atoms. The lowest BCUT2D eigenvalue weighted by Crippen LogP contribution is -2.49. The number of amides is 2. The van der Waals surface area contributed by atoms with Gasteiger partial charge in [0.15, 0.2) is 0 Å². The number of halogens is 2. The summed E-state index contributed by atoms with van der Waals surface area (Å²) in [6.45, 7) is 11.4. The summed E-state index contributed by atoms with van der Waals surface area (Å²) in [6.07, 6.45) is 22.3. The predicted molar refractivity (Wildman–Crippen MR) is 356 cm³/mol. The zero-order valence-corrected chi connectivity index (χ0v) is 54.7. The smallest absolute Gasteiger partial charge is 0.262 e. The molecule has 8 aliphatic rings. The molecule has 13 nitrogen and oxygen atoms in total. The highest BCUT2D eigenvalue weighted by Crippen LogP contribution is 2.50. The summed E-state index contributed by atoms with van der Waals surface area (Å²) in [5.41, 5.74) is 7.61. The van der Waals surface area contributed by atoms with Crippen molar-refractivity contribution in [1.82, 2.24) is 9.44 Å². The number of rotatable bonds is 6. The van der Waals surface area contributed by atoms with Gasteiger partial charge < -0.3 is 33.5 Å². The van der Waals surface area contributed by atoms with Crippen LogP contribution in [-0.2, 0) is 57.3 Å². The second kappa shape index (κ2) is 26.8. The highest BCUT2D eigenvalue weighted by Gasteiger charge is 2.47.